The first-order valence-electron chi connectivity index (χ1n) is 7.69. The van der Waals surface area contributed by atoms with Gasteiger partial charge in [0, 0.05) is 18.6 Å². The molecule has 1 unspecified atom stereocenters. The van der Waals surface area contributed by atoms with E-state index in [4.69, 9.17) is 0 Å². The lowest BCUT2D eigenvalue weighted by Crippen LogP contribution is -2.33. The van der Waals surface area contributed by atoms with Crippen LogP contribution in [-0.2, 0) is 15.7 Å². The first kappa shape index (κ1) is 20.5. The summed E-state index contributed by atoms with van der Waals surface area (Å²) in [7, 11) is -9.70. The van der Waals surface area contributed by atoms with Crippen molar-refractivity contribution in [2.24, 2.45) is 5.92 Å². The van der Waals surface area contributed by atoms with E-state index in [2.05, 4.69) is 0 Å². The van der Waals surface area contributed by atoms with Crippen molar-refractivity contribution < 1.29 is 33.3 Å². The highest BCUT2D eigenvalue weighted by atomic mass is 31.2. The van der Waals surface area contributed by atoms with E-state index >= 15 is 0 Å². The van der Waals surface area contributed by atoms with Gasteiger partial charge in [0.2, 0.25) is 0 Å². The highest BCUT2D eigenvalue weighted by molar-refractivity contribution is 7.70. The zero-order valence-electron chi connectivity index (χ0n) is 13.2. The molecule has 7 nitrogen and oxygen atoms in total. The van der Waals surface area contributed by atoms with Gasteiger partial charge in [0.25, 0.3) is 0 Å². The molecule has 4 N–H and O–H groups in total. The van der Waals surface area contributed by atoms with Crippen molar-refractivity contribution in [3.05, 3.63) is 30.6 Å². The van der Waals surface area contributed by atoms with E-state index in [0.29, 0.717) is 19.4 Å². The fourth-order valence-corrected chi connectivity index (χ4v) is 5.27. The van der Waals surface area contributed by atoms with Gasteiger partial charge in [-0.2, -0.15) is 0 Å². The van der Waals surface area contributed by atoms with Crippen LogP contribution in [0.4, 0.5) is 0 Å². The van der Waals surface area contributed by atoms with Crippen LogP contribution in [-0.4, -0.2) is 25.0 Å². The van der Waals surface area contributed by atoms with Crippen LogP contribution in [0.25, 0.3) is 0 Å². The lowest BCUT2D eigenvalue weighted by Gasteiger charge is -2.24. The lowest BCUT2D eigenvalue weighted by molar-refractivity contribution is -0.698. The minimum Gasteiger partial charge on any atom is -0.324 e. The quantitative estimate of drug-likeness (QED) is 0.372. The van der Waals surface area contributed by atoms with Crippen molar-refractivity contribution in [1.29, 1.82) is 0 Å². The predicted octanol–water partition coefficient (Wildman–Crippen LogP) is 2.24. The molecule has 0 bridgehead atoms. The van der Waals surface area contributed by atoms with E-state index < -0.39 is 20.6 Å². The Morgan fingerprint density at radius 3 is 2.00 bits per heavy atom. The molecule has 23 heavy (non-hydrogen) atoms. The van der Waals surface area contributed by atoms with Gasteiger partial charge in [0.15, 0.2) is 17.8 Å². The SMILES string of the molecule is CCCCC(CC[n+]1ccccc1)CC(P(=O)(O)O)P(=O)(O)O. The van der Waals surface area contributed by atoms with Crippen LogP contribution in [0, 0.1) is 5.92 Å². The molecule has 1 aromatic rings. The summed E-state index contributed by atoms with van der Waals surface area (Å²) < 4.78 is 24.9. The van der Waals surface area contributed by atoms with Crippen LogP contribution in [0.5, 0.6) is 0 Å². The smallest absolute Gasteiger partial charge is 0.324 e. The summed E-state index contributed by atoms with van der Waals surface area (Å²) in [5.41, 5.74) is 0. The summed E-state index contributed by atoms with van der Waals surface area (Å²) in [6.07, 6.45) is 6.71. The lowest BCUT2D eigenvalue weighted by atomic mass is 9.95. The molecule has 1 atom stereocenters. The molecule has 0 amide bonds. The molecular weight excluding hydrogens is 340 g/mol. The Morgan fingerprint density at radius 1 is 0.957 bits per heavy atom. The van der Waals surface area contributed by atoms with Gasteiger partial charge in [-0.15, -0.1) is 0 Å². The summed E-state index contributed by atoms with van der Waals surface area (Å²) in [6.45, 7) is 2.65. The van der Waals surface area contributed by atoms with Crippen molar-refractivity contribution in [3.8, 4) is 0 Å². The molecule has 0 saturated carbocycles. The number of nitrogens with zero attached hydrogens (tertiary/aromatic N) is 1. The molecule has 1 aromatic heterocycles. The minimum atomic E-state index is -4.85. The number of aromatic nitrogens is 1. The predicted molar refractivity (Wildman–Crippen MR) is 86.8 cm³/mol. The molecule has 0 aromatic carbocycles. The summed E-state index contributed by atoms with van der Waals surface area (Å²) >= 11 is 0. The third-order valence-corrected chi connectivity index (χ3v) is 7.64. The van der Waals surface area contributed by atoms with Gasteiger partial charge in [-0.3, -0.25) is 9.13 Å². The molecule has 0 saturated heterocycles. The molecule has 0 spiro atoms. The number of rotatable bonds is 10. The number of unbranched alkanes of at least 4 members (excludes halogenated alkanes) is 1. The normalized spacial score (nSPS) is 14.2. The van der Waals surface area contributed by atoms with Gasteiger partial charge in [-0.1, -0.05) is 32.3 Å². The topological polar surface area (TPSA) is 119 Å². The highest BCUT2D eigenvalue weighted by Gasteiger charge is 2.44. The second-order valence-electron chi connectivity index (χ2n) is 5.80. The Labute approximate surface area is 136 Å². The van der Waals surface area contributed by atoms with E-state index in [9.17, 15) is 28.7 Å². The van der Waals surface area contributed by atoms with Crippen LogP contribution in [0.1, 0.15) is 39.0 Å². The van der Waals surface area contributed by atoms with Crippen LogP contribution in [0.3, 0.4) is 0 Å². The Kier molecular flexibility index (Phi) is 8.08. The maximum Gasteiger partial charge on any atom is 0.340 e. The van der Waals surface area contributed by atoms with Crippen LogP contribution in [0.15, 0.2) is 30.6 Å². The zero-order valence-corrected chi connectivity index (χ0v) is 15.0. The van der Waals surface area contributed by atoms with Crippen LogP contribution >= 0.6 is 15.2 Å². The van der Waals surface area contributed by atoms with Crippen LogP contribution < -0.4 is 4.57 Å². The minimum absolute atomic E-state index is 0.145. The Hall–Kier alpha value is -0.550. The van der Waals surface area contributed by atoms with Gasteiger partial charge in [0.05, 0.1) is 0 Å². The monoisotopic (exact) mass is 366 g/mol. The second kappa shape index (κ2) is 9.07. The van der Waals surface area contributed by atoms with Gasteiger partial charge in [0.1, 0.15) is 6.54 Å². The molecule has 1 heterocycles. The maximum atomic E-state index is 11.5. The Balaban J connectivity index is 2.79. The first-order valence-corrected chi connectivity index (χ1v) is 11.1. The van der Waals surface area contributed by atoms with Gasteiger partial charge in [-0.05, 0) is 12.3 Å². The second-order valence-corrected chi connectivity index (χ2v) is 9.82. The average Bonchev–Trinajstić information content (AvgIpc) is 2.45. The third-order valence-electron chi connectivity index (χ3n) is 3.86. The standard InChI is InChI=1S/C14H25NO6P2/c1-2-3-7-13(8-11-15-9-5-4-6-10-15)12-14(22(16,17)18)23(19,20)21/h4-6,9-10,13-14H,2-3,7-8,11-12H2,1H3,(H3-,16,17,18,19,20,21)/p+1. The Bertz CT molecular complexity index is 534. The van der Waals surface area contributed by atoms with E-state index in [0.717, 1.165) is 12.8 Å². The molecule has 0 aliphatic carbocycles. The molecule has 0 aliphatic heterocycles. The summed E-state index contributed by atoms with van der Waals surface area (Å²) in [5.74, 6) is -0.145. The van der Waals surface area contributed by atoms with Crippen molar-refractivity contribution in [1.82, 2.24) is 0 Å². The van der Waals surface area contributed by atoms with E-state index in [1.54, 1.807) is 0 Å². The van der Waals surface area contributed by atoms with Crippen molar-refractivity contribution in [3.63, 3.8) is 0 Å². The molecule has 132 valence electrons. The molecular formula is C14H26NO6P2+. The molecule has 0 radical (unpaired) electrons. The fraction of sp³-hybridized carbons (Fsp3) is 0.643. The number of aryl methyl sites for hydroxylation is 1. The number of pyridine rings is 1. The van der Waals surface area contributed by atoms with Crippen molar-refractivity contribution in [2.45, 2.75) is 51.0 Å². The molecule has 0 aliphatic rings. The average molecular weight is 366 g/mol. The van der Waals surface area contributed by atoms with Gasteiger partial charge in [-0.25, -0.2) is 4.57 Å². The molecule has 9 heteroatoms. The van der Waals surface area contributed by atoms with E-state index in [-0.39, 0.29) is 12.3 Å². The largest absolute Gasteiger partial charge is 0.340 e. The van der Waals surface area contributed by atoms with Crippen LogP contribution in [0.2, 0.25) is 0 Å². The van der Waals surface area contributed by atoms with E-state index in [1.807, 2.05) is 42.1 Å². The van der Waals surface area contributed by atoms with Gasteiger partial charge >= 0.3 is 15.2 Å². The first-order chi connectivity index (χ1) is 10.6. The van der Waals surface area contributed by atoms with Gasteiger partial charge < -0.3 is 19.6 Å². The summed E-state index contributed by atoms with van der Waals surface area (Å²) in [6, 6.07) is 5.66. The highest BCUT2D eigenvalue weighted by Crippen LogP contribution is 2.62. The maximum absolute atomic E-state index is 11.5. The fourth-order valence-electron chi connectivity index (χ4n) is 2.56. The van der Waals surface area contributed by atoms with E-state index in [1.165, 1.54) is 0 Å². The third kappa shape index (κ3) is 7.71. The molecule has 0 fully saturated rings. The summed E-state index contributed by atoms with van der Waals surface area (Å²) in [5, 5.41) is -1.90. The van der Waals surface area contributed by atoms with Crippen molar-refractivity contribution >= 4 is 15.2 Å². The summed E-state index contributed by atoms with van der Waals surface area (Å²) in [4.78, 5) is 37.1. The molecule has 1 rings (SSSR count). The zero-order chi connectivity index (χ0) is 17.5. The Morgan fingerprint density at radius 2 is 1.52 bits per heavy atom. The number of hydrogen-bond acceptors (Lipinski definition) is 2. The van der Waals surface area contributed by atoms with Crippen molar-refractivity contribution in [2.75, 3.05) is 0 Å². The number of hydrogen-bond donors (Lipinski definition) is 4.